The number of terminal acetylenes is 1. The first-order valence-corrected chi connectivity index (χ1v) is 15.3. The zero-order valence-corrected chi connectivity index (χ0v) is 28.3. The molecule has 9 heteroatoms. The monoisotopic (exact) mass is 619 g/mol. The van der Waals surface area contributed by atoms with Crippen LogP contribution in [-0.4, -0.2) is 52.1 Å². The van der Waals surface area contributed by atoms with E-state index in [2.05, 4.69) is 16.7 Å². The van der Waals surface area contributed by atoms with Crippen LogP contribution in [0.25, 0.3) is 0 Å². The third-order valence-electron chi connectivity index (χ3n) is 7.27. The first-order chi connectivity index (χ1) is 20.9. The van der Waals surface area contributed by atoms with Crippen molar-refractivity contribution in [1.82, 2.24) is 15.5 Å². The Morgan fingerprint density at radius 2 is 1.49 bits per heavy atom. The molecule has 45 heavy (non-hydrogen) atoms. The van der Waals surface area contributed by atoms with E-state index in [-0.39, 0.29) is 12.3 Å². The topological polar surface area (TPSA) is 114 Å². The van der Waals surface area contributed by atoms with Gasteiger partial charge in [0.2, 0.25) is 5.91 Å². The van der Waals surface area contributed by atoms with Crippen molar-refractivity contribution in [1.29, 1.82) is 0 Å². The van der Waals surface area contributed by atoms with Crippen LogP contribution >= 0.6 is 0 Å². The molecule has 2 aromatic rings. The van der Waals surface area contributed by atoms with Crippen molar-refractivity contribution >= 4 is 23.9 Å². The lowest BCUT2D eigenvalue weighted by Crippen LogP contribution is -2.55. The number of benzene rings is 2. The molecular formula is C36H49N3O6. The smallest absolute Gasteiger partial charge is 0.408 e. The zero-order valence-electron chi connectivity index (χ0n) is 28.3. The number of esters is 1. The van der Waals surface area contributed by atoms with Gasteiger partial charge in [0.25, 0.3) is 5.91 Å². The van der Waals surface area contributed by atoms with E-state index in [1.54, 1.807) is 60.6 Å². The first kappa shape index (κ1) is 36.9. The summed E-state index contributed by atoms with van der Waals surface area (Å²) in [6.07, 6.45) is 5.89. The number of amides is 3. The minimum Gasteiger partial charge on any atom is -0.458 e. The van der Waals surface area contributed by atoms with Gasteiger partial charge in [0, 0.05) is 12.5 Å². The van der Waals surface area contributed by atoms with E-state index < -0.39 is 53.2 Å². The Hall–Kier alpha value is -4.32. The molecule has 0 saturated carbocycles. The molecule has 0 bridgehead atoms. The van der Waals surface area contributed by atoms with Gasteiger partial charge < -0.3 is 20.1 Å². The van der Waals surface area contributed by atoms with Crippen molar-refractivity contribution in [3.63, 3.8) is 0 Å². The molecule has 0 saturated heterocycles. The van der Waals surface area contributed by atoms with Crippen molar-refractivity contribution in [3.05, 3.63) is 70.8 Å². The third kappa shape index (κ3) is 11.0. The minimum absolute atomic E-state index is 0.153. The van der Waals surface area contributed by atoms with E-state index in [0.29, 0.717) is 12.0 Å². The molecule has 2 rings (SSSR count). The van der Waals surface area contributed by atoms with Gasteiger partial charge in [0.1, 0.15) is 29.3 Å². The molecule has 0 spiro atoms. The summed E-state index contributed by atoms with van der Waals surface area (Å²) >= 11 is 0. The fourth-order valence-electron chi connectivity index (χ4n) is 4.67. The minimum atomic E-state index is -1.32. The second-order valence-electron chi connectivity index (χ2n) is 13.3. The molecule has 244 valence electrons. The molecule has 0 aromatic heterocycles. The molecule has 0 heterocycles. The number of carbonyl (C=O) groups excluding carboxylic acids is 4. The van der Waals surface area contributed by atoms with Crippen LogP contribution in [0.2, 0.25) is 0 Å². The van der Waals surface area contributed by atoms with Crippen LogP contribution < -0.4 is 10.6 Å². The van der Waals surface area contributed by atoms with Crippen LogP contribution in [0.5, 0.6) is 0 Å². The van der Waals surface area contributed by atoms with Crippen LogP contribution in [0.1, 0.15) is 90.1 Å². The molecule has 0 radical (unpaired) electrons. The second-order valence-corrected chi connectivity index (χ2v) is 13.3. The molecule has 2 aromatic carbocycles. The van der Waals surface area contributed by atoms with Gasteiger partial charge in [-0.15, -0.1) is 0 Å². The molecule has 4 unspecified atom stereocenters. The number of hydrogen-bond acceptors (Lipinski definition) is 6. The zero-order chi connectivity index (χ0) is 34.1. The van der Waals surface area contributed by atoms with Gasteiger partial charge in [-0.3, -0.25) is 14.5 Å². The van der Waals surface area contributed by atoms with Crippen molar-refractivity contribution in [2.24, 2.45) is 5.92 Å². The van der Waals surface area contributed by atoms with Crippen molar-refractivity contribution < 1.29 is 28.7 Å². The Kier molecular flexibility index (Phi) is 12.8. The first-order valence-electron chi connectivity index (χ1n) is 15.3. The second kappa shape index (κ2) is 15.6. The summed E-state index contributed by atoms with van der Waals surface area (Å²) in [5.74, 6) is -2.30. The summed E-state index contributed by atoms with van der Waals surface area (Å²) in [5.41, 5.74) is 1.33. The maximum Gasteiger partial charge on any atom is 0.408 e. The van der Waals surface area contributed by atoms with Gasteiger partial charge in [-0.2, -0.15) is 0 Å². The number of carbonyl (C=O) groups is 4. The number of aryl methyl sites for hydroxylation is 1. The summed E-state index contributed by atoms with van der Waals surface area (Å²) in [4.78, 5) is 55.8. The van der Waals surface area contributed by atoms with Crippen molar-refractivity contribution in [2.45, 2.75) is 111 Å². The van der Waals surface area contributed by atoms with Crippen LogP contribution in [0.3, 0.4) is 0 Å². The summed E-state index contributed by atoms with van der Waals surface area (Å²) in [6, 6.07) is 13.6. The number of nitrogens with one attached hydrogen (secondary N) is 2. The number of rotatable bonds is 11. The standard InChI is InChI=1S/C36H49N3O6/c1-12-23(3)29(38-34(43)45-36(9,10)11)32(41)39(13-2)30(27-21-17-18-24(4)25(27)5)31(40)37-28(33(42)44-35(6,7)8)22-26-19-15-14-16-20-26/h2,14-21,23,28-30H,12,22H2,1,3-11H3,(H,37,40)(H,38,43). The highest BCUT2D eigenvalue weighted by Crippen LogP contribution is 2.28. The Bertz CT molecular complexity index is 1380. The van der Waals surface area contributed by atoms with Crippen LogP contribution in [0, 0.1) is 32.2 Å². The summed E-state index contributed by atoms with van der Waals surface area (Å²) in [6.45, 7) is 17.8. The lowest BCUT2D eigenvalue weighted by molar-refractivity contribution is -0.159. The molecule has 0 aliphatic heterocycles. The van der Waals surface area contributed by atoms with Gasteiger partial charge in [0.05, 0.1) is 0 Å². The van der Waals surface area contributed by atoms with E-state index in [1.807, 2.05) is 57.2 Å². The molecule has 2 N–H and O–H groups in total. The summed E-state index contributed by atoms with van der Waals surface area (Å²) in [5, 5.41) is 5.52. The number of nitrogens with zero attached hydrogens (tertiary/aromatic N) is 1. The summed E-state index contributed by atoms with van der Waals surface area (Å²) < 4.78 is 11.1. The maximum atomic E-state index is 14.3. The lowest BCUT2D eigenvalue weighted by Gasteiger charge is -2.34. The third-order valence-corrected chi connectivity index (χ3v) is 7.27. The SMILES string of the molecule is C#CN(C(=O)C(NC(=O)OC(C)(C)C)C(C)CC)C(C(=O)NC(Cc1ccccc1)C(=O)OC(C)(C)C)c1cccc(C)c1C. The quantitative estimate of drug-likeness (QED) is 0.188. The van der Waals surface area contributed by atoms with E-state index in [1.165, 1.54) is 0 Å². The van der Waals surface area contributed by atoms with Gasteiger partial charge in [0.15, 0.2) is 0 Å². The van der Waals surface area contributed by atoms with E-state index in [4.69, 9.17) is 15.9 Å². The molecule has 4 atom stereocenters. The molecular weight excluding hydrogens is 570 g/mol. The molecule has 9 nitrogen and oxygen atoms in total. The van der Waals surface area contributed by atoms with Crippen molar-refractivity contribution in [3.8, 4) is 12.5 Å². The predicted molar refractivity (Wildman–Crippen MR) is 175 cm³/mol. The largest absolute Gasteiger partial charge is 0.458 e. The molecule has 0 aliphatic rings. The highest BCUT2D eigenvalue weighted by molar-refractivity contribution is 5.95. The predicted octanol–water partition coefficient (Wildman–Crippen LogP) is 5.77. The average Bonchev–Trinajstić information content (AvgIpc) is 2.94. The van der Waals surface area contributed by atoms with Crippen molar-refractivity contribution in [2.75, 3.05) is 0 Å². The summed E-state index contributed by atoms with van der Waals surface area (Å²) in [7, 11) is 0. The van der Waals surface area contributed by atoms with Crippen LogP contribution in [-0.2, 0) is 30.3 Å². The average molecular weight is 620 g/mol. The lowest BCUT2D eigenvalue weighted by atomic mass is 9.93. The van der Waals surface area contributed by atoms with E-state index in [0.717, 1.165) is 21.6 Å². The van der Waals surface area contributed by atoms with Gasteiger partial charge in [-0.05, 0) is 83.6 Å². The fraction of sp³-hybridized carbons (Fsp3) is 0.500. The number of alkyl carbamates (subject to hydrolysis) is 1. The van der Waals surface area contributed by atoms with Gasteiger partial charge >= 0.3 is 12.1 Å². The molecule has 0 fully saturated rings. The molecule has 3 amide bonds. The Morgan fingerprint density at radius 3 is 2.02 bits per heavy atom. The Morgan fingerprint density at radius 1 is 0.889 bits per heavy atom. The van der Waals surface area contributed by atoms with Gasteiger partial charge in [-0.1, -0.05) is 75.2 Å². The molecule has 0 aliphatic carbocycles. The van der Waals surface area contributed by atoms with Crippen LogP contribution in [0.4, 0.5) is 4.79 Å². The fourth-order valence-corrected chi connectivity index (χ4v) is 4.67. The normalized spacial score (nSPS) is 14.2. The Labute approximate surface area is 268 Å². The Balaban J connectivity index is 2.61. The van der Waals surface area contributed by atoms with Gasteiger partial charge in [-0.25, -0.2) is 9.59 Å². The number of hydrogen-bond donors (Lipinski definition) is 2. The van der Waals surface area contributed by atoms with E-state index in [9.17, 15) is 19.2 Å². The number of ether oxygens (including phenoxy) is 2. The highest BCUT2D eigenvalue weighted by Gasteiger charge is 2.40. The van der Waals surface area contributed by atoms with Crippen LogP contribution in [0.15, 0.2) is 48.5 Å². The highest BCUT2D eigenvalue weighted by atomic mass is 16.6. The van der Waals surface area contributed by atoms with E-state index >= 15 is 0 Å². The maximum absolute atomic E-state index is 14.3.